The van der Waals surface area contributed by atoms with E-state index in [1.54, 1.807) is 6.92 Å². The maximum absolute atomic E-state index is 14.3. The molecule has 0 aromatic heterocycles. The predicted molar refractivity (Wildman–Crippen MR) is 173 cm³/mol. The van der Waals surface area contributed by atoms with E-state index in [4.69, 9.17) is 14.0 Å². The molecular weight excluding hydrogens is 738 g/mol. The molecule has 0 saturated carbocycles. The lowest BCUT2D eigenvalue weighted by atomic mass is 9.89. The fourth-order valence-corrected chi connectivity index (χ4v) is 6.16. The zero-order chi connectivity index (χ0) is 38.7. The van der Waals surface area contributed by atoms with Crippen molar-refractivity contribution in [1.82, 2.24) is 0 Å². The normalized spacial score (nSPS) is 14.2. The molecule has 0 spiro atoms. The van der Waals surface area contributed by atoms with Crippen molar-refractivity contribution in [1.29, 1.82) is 0 Å². The quantitative estimate of drug-likeness (QED) is 0.0382. The van der Waals surface area contributed by atoms with E-state index in [1.807, 2.05) is 6.92 Å². The van der Waals surface area contributed by atoms with Gasteiger partial charge in [0.05, 0.1) is 30.8 Å². The van der Waals surface area contributed by atoms with Gasteiger partial charge in [-0.1, -0.05) is 82.6 Å². The minimum absolute atomic E-state index is 0.00333. The number of hydrogen-bond donors (Lipinski definition) is 2. The summed E-state index contributed by atoms with van der Waals surface area (Å²) in [4.78, 5) is 24.8. The van der Waals surface area contributed by atoms with Crippen molar-refractivity contribution in [2.24, 2.45) is 5.41 Å². The van der Waals surface area contributed by atoms with Gasteiger partial charge in [-0.3, -0.25) is 9.35 Å². The monoisotopic (exact) mass is 780 g/mol. The fourth-order valence-electron chi connectivity index (χ4n) is 4.71. The van der Waals surface area contributed by atoms with E-state index in [1.165, 1.54) is 12.1 Å². The van der Waals surface area contributed by atoms with Gasteiger partial charge in [0.1, 0.15) is 0 Å². The zero-order valence-corrected chi connectivity index (χ0v) is 29.6. The van der Waals surface area contributed by atoms with Gasteiger partial charge in [0.15, 0.2) is 5.75 Å². The van der Waals surface area contributed by atoms with E-state index in [-0.39, 0.29) is 24.2 Å². The number of aliphatic hydroxyl groups excluding tert-OH is 1. The highest BCUT2D eigenvalue weighted by Crippen LogP contribution is 2.51. The van der Waals surface area contributed by atoms with Crippen LogP contribution in [-0.2, 0) is 34.5 Å². The molecule has 51 heavy (non-hydrogen) atoms. The molecule has 0 fully saturated rings. The Kier molecular flexibility index (Phi) is 15.6. The average molecular weight is 781 g/mol. The third-order valence-electron chi connectivity index (χ3n) is 8.30. The minimum atomic E-state index is -7.20. The summed E-state index contributed by atoms with van der Waals surface area (Å²) in [6.45, 7) is 3.55. The van der Waals surface area contributed by atoms with Crippen LogP contribution in [0, 0.1) is 5.41 Å². The topological polar surface area (TPSA) is 171 Å². The number of carbonyl (C=O) groups is 2. The van der Waals surface area contributed by atoms with Crippen LogP contribution < -0.4 is 4.18 Å². The highest BCUT2D eigenvalue weighted by Gasteiger charge is 2.83. The Labute approximate surface area is 292 Å². The second-order valence-electron chi connectivity index (χ2n) is 12.2. The van der Waals surface area contributed by atoms with Gasteiger partial charge in [0, 0.05) is 5.39 Å². The van der Waals surface area contributed by atoms with Crippen molar-refractivity contribution in [3.8, 4) is 5.75 Å². The van der Waals surface area contributed by atoms with Crippen molar-refractivity contribution in [2.45, 2.75) is 101 Å². The number of fused-ring (bicyclic) bond motifs is 1. The number of benzene rings is 2. The maximum Gasteiger partial charge on any atom is 0.450 e. The average Bonchev–Trinajstić information content (AvgIpc) is 3.06. The van der Waals surface area contributed by atoms with Crippen molar-refractivity contribution in [3.05, 3.63) is 42.0 Å². The molecule has 2 aromatic carbocycles. The fraction of sp³-hybridized carbons (Fsp3) is 0.625. The lowest BCUT2D eigenvalue weighted by Crippen LogP contribution is -2.61. The summed E-state index contributed by atoms with van der Waals surface area (Å²) in [5.74, 6) is -9.54. The summed E-state index contributed by atoms with van der Waals surface area (Å²) in [5, 5.41) is -4.95. The molecule has 2 N–H and O–H groups in total. The van der Waals surface area contributed by atoms with Gasteiger partial charge in [-0.2, -0.15) is 43.2 Å². The van der Waals surface area contributed by atoms with Crippen LogP contribution in [0.5, 0.6) is 5.75 Å². The Morgan fingerprint density at radius 1 is 0.706 bits per heavy atom. The Bertz CT molecular complexity index is 1700. The van der Waals surface area contributed by atoms with E-state index in [2.05, 4.69) is 4.18 Å². The van der Waals surface area contributed by atoms with Crippen LogP contribution in [0.15, 0.2) is 36.4 Å². The van der Waals surface area contributed by atoms with Crippen LogP contribution in [0.25, 0.3) is 10.8 Å². The molecule has 0 heterocycles. The van der Waals surface area contributed by atoms with Crippen molar-refractivity contribution < 1.29 is 76.1 Å². The first-order valence-electron chi connectivity index (χ1n) is 16.1. The number of carbonyl (C=O) groups excluding carboxylic acids is 2. The van der Waals surface area contributed by atoms with E-state index >= 15 is 0 Å². The van der Waals surface area contributed by atoms with Gasteiger partial charge in [-0.15, -0.1) is 0 Å². The van der Waals surface area contributed by atoms with E-state index < -0.39 is 65.2 Å². The second kappa shape index (κ2) is 18.1. The lowest BCUT2D eigenvalue weighted by molar-refractivity contribution is -0.247. The van der Waals surface area contributed by atoms with Gasteiger partial charge >= 0.3 is 48.6 Å². The molecule has 2 rings (SSSR count). The minimum Gasteiger partial charge on any atom is -0.465 e. The standard InChI is InChI=1S/C32H42F6O11S2/c1-3-29(2,22-39)28(41)48-21-13-11-9-7-5-4-6-8-10-12-20-47-27(40)25-18-14-17-24-23(25)16-15-19-26(24)49-51(45,46)32(37,38)30(33,34)31(35,36)50(42,43)44/h14-19,39H,3-13,20-22H2,1-2H3,(H,42,43,44). The SMILES string of the molecule is CCC(C)(CO)C(=O)OCCCCCCCCCCCCOC(=O)c1cccc2c(OS(=O)(=O)C(F)(F)C(F)(F)C(F)(F)S(=O)(=O)O)cccc12. The third kappa shape index (κ3) is 10.5. The van der Waals surface area contributed by atoms with Crippen LogP contribution >= 0.6 is 0 Å². The summed E-state index contributed by atoms with van der Waals surface area (Å²) in [7, 11) is -14.3. The Hall–Kier alpha value is -3.16. The lowest BCUT2D eigenvalue weighted by Gasteiger charge is -2.29. The van der Waals surface area contributed by atoms with Crippen molar-refractivity contribution in [3.63, 3.8) is 0 Å². The summed E-state index contributed by atoms with van der Waals surface area (Å²) >= 11 is 0. The van der Waals surface area contributed by atoms with Crippen molar-refractivity contribution in [2.75, 3.05) is 19.8 Å². The third-order valence-corrected chi connectivity index (χ3v) is 10.5. The molecule has 1 unspecified atom stereocenters. The molecule has 2 aromatic rings. The van der Waals surface area contributed by atoms with E-state index in [9.17, 15) is 57.9 Å². The summed E-state index contributed by atoms with van der Waals surface area (Å²) in [6, 6.07) is 6.37. The number of unbranched alkanes of at least 4 members (excludes halogenated alkanes) is 9. The molecule has 0 radical (unpaired) electrons. The number of esters is 2. The molecule has 0 saturated heterocycles. The highest BCUT2D eigenvalue weighted by atomic mass is 32.2. The summed E-state index contributed by atoms with van der Waals surface area (Å²) in [6.07, 6.45) is 9.28. The van der Waals surface area contributed by atoms with Crippen LogP contribution in [-0.4, -0.2) is 74.7 Å². The molecule has 0 amide bonds. The Morgan fingerprint density at radius 2 is 1.18 bits per heavy atom. The number of rotatable bonds is 23. The largest absolute Gasteiger partial charge is 0.465 e. The number of alkyl halides is 6. The Balaban J connectivity index is 1.83. The van der Waals surface area contributed by atoms with Crippen LogP contribution in [0.1, 0.15) is 94.8 Å². The van der Waals surface area contributed by atoms with E-state index in [0.717, 1.165) is 76.0 Å². The Morgan fingerprint density at radius 3 is 1.67 bits per heavy atom. The number of halogens is 6. The molecule has 0 aliphatic carbocycles. The van der Waals surface area contributed by atoms with Crippen LogP contribution in [0.2, 0.25) is 0 Å². The number of ether oxygens (including phenoxy) is 2. The molecule has 11 nitrogen and oxygen atoms in total. The first-order valence-corrected chi connectivity index (χ1v) is 19.0. The van der Waals surface area contributed by atoms with Crippen LogP contribution in [0.4, 0.5) is 26.3 Å². The van der Waals surface area contributed by atoms with Gasteiger partial charge in [0.25, 0.3) is 0 Å². The first-order chi connectivity index (χ1) is 23.6. The van der Waals surface area contributed by atoms with Gasteiger partial charge in [0.2, 0.25) is 0 Å². The molecule has 290 valence electrons. The van der Waals surface area contributed by atoms with E-state index in [0.29, 0.717) is 25.5 Å². The van der Waals surface area contributed by atoms with Gasteiger partial charge in [-0.05, 0) is 43.7 Å². The second-order valence-corrected chi connectivity index (χ2v) is 15.2. The van der Waals surface area contributed by atoms with Crippen LogP contribution in [0.3, 0.4) is 0 Å². The first kappa shape index (κ1) is 44.0. The molecule has 1 atom stereocenters. The maximum atomic E-state index is 14.3. The molecular formula is C32H42F6O11S2. The van der Waals surface area contributed by atoms with Crippen molar-refractivity contribution >= 4 is 42.9 Å². The molecule has 19 heteroatoms. The highest BCUT2D eigenvalue weighted by molar-refractivity contribution is 7.88. The smallest absolute Gasteiger partial charge is 0.450 e. The summed E-state index contributed by atoms with van der Waals surface area (Å²) in [5.41, 5.74) is -1.06. The van der Waals surface area contributed by atoms with Gasteiger partial charge < -0.3 is 18.8 Å². The molecule has 0 bridgehead atoms. The summed E-state index contributed by atoms with van der Waals surface area (Å²) < 4.78 is 152. The number of hydrogen-bond acceptors (Lipinski definition) is 10. The van der Waals surface area contributed by atoms with Gasteiger partial charge in [-0.25, -0.2) is 4.79 Å². The predicted octanol–water partition coefficient (Wildman–Crippen LogP) is 7.27. The zero-order valence-electron chi connectivity index (χ0n) is 28.0. The molecule has 0 aliphatic rings. The molecule has 0 aliphatic heterocycles. The number of aliphatic hydroxyl groups is 1.